The van der Waals surface area contributed by atoms with Crippen LogP contribution in [-0.2, 0) is 17.8 Å². The molecule has 0 saturated heterocycles. The molecule has 0 unspecified atom stereocenters. The number of ether oxygens (including phenoxy) is 5. The lowest BCUT2D eigenvalue weighted by atomic mass is 10.1. The van der Waals surface area contributed by atoms with E-state index in [-0.39, 0.29) is 6.42 Å². The molecule has 0 spiro atoms. The summed E-state index contributed by atoms with van der Waals surface area (Å²) in [6.45, 7) is 0.473. The van der Waals surface area contributed by atoms with E-state index >= 15 is 0 Å². The van der Waals surface area contributed by atoms with Gasteiger partial charge in [-0.25, -0.2) is 0 Å². The van der Waals surface area contributed by atoms with E-state index in [9.17, 15) is 4.79 Å². The zero-order valence-electron chi connectivity index (χ0n) is 17.2. The fraction of sp³-hybridized carbons (Fsp3) is 0.208. The van der Waals surface area contributed by atoms with Gasteiger partial charge in [0.2, 0.25) is 5.75 Å². The fourth-order valence-corrected chi connectivity index (χ4v) is 2.92. The molecule has 0 atom stereocenters. The normalized spacial score (nSPS) is 10.2. The van der Waals surface area contributed by atoms with Crippen molar-refractivity contribution in [2.75, 3.05) is 21.3 Å². The molecular formula is C24H24O6. The van der Waals surface area contributed by atoms with Crippen LogP contribution >= 0.6 is 0 Å². The second-order valence-electron chi connectivity index (χ2n) is 6.43. The molecule has 0 heterocycles. The Labute approximate surface area is 175 Å². The van der Waals surface area contributed by atoms with Crippen molar-refractivity contribution >= 4 is 5.97 Å². The Kier molecular flexibility index (Phi) is 7.16. The number of hydrogen-bond acceptors (Lipinski definition) is 6. The minimum absolute atomic E-state index is 0.0585. The summed E-state index contributed by atoms with van der Waals surface area (Å²) in [4.78, 5) is 12.4. The lowest BCUT2D eigenvalue weighted by molar-refractivity contribution is -0.133. The smallest absolute Gasteiger partial charge is 0.315 e. The number of hydrogen-bond donors (Lipinski definition) is 0. The van der Waals surface area contributed by atoms with Gasteiger partial charge >= 0.3 is 5.97 Å². The van der Waals surface area contributed by atoms with Gasteiger partial charge < -0.3 is 23.7 Å². The van der Waals surface area contributed by atoms with Gasteiger partial charge in [-0.3, -0.25) is 4.79 Å². The van der Waals surface area contributed by atoms with Crippen LogP contribution in [0, 0.1) is 0 Å². The van der Waals surface area contributed by atoms with Crippen molar-refractivity contribution in [2.45, 2.75) is 13.0 Å². The molecule has 3 rings (SSSR count). The summed E-state index contributed by atoms with van der Waals surface area (Å²) in [5.74, 6) is 2.19. The summed E-state index contributed by atoms with van der Waals surface area (Å²) in [5, 5.41) is 0. The van der Waals surface area contributed by atoms with E-state index in [0.717, 1.165) is 5.56 Å². The van der Waals surface area contributed by atoms with Gasteiger partial charge in [-0.1, -0.05) is 30.3 Å². The predicted molar refractivity (Wildman–Crippen MR) is 113 cm³/mol. The molecule has 0 amide bonds. The Hall–Kier alpha value is -3.67. The van der Waals surface area contributed by atoms with Crippen molar-refractivity contribution < 1.29 is 28.5 Å². The molecule has 0 radical (unpaired) electrons. The van der Waals surface area contributed by atoms with Gasteiger partial charge in [-0.05, 0) is 47.5 Å². The molecule has 3 aromatic carbocycles. The average molecular weight is 408 g/mol. The first-order valence-corrected chi connectivity index (χ1v) is 9.39. The second kappa shape index (κ2) is 10.2. The molecule has 0 aliphatic heterocycles. The van der Waals surface area contributed by atoms with Crippen LogP contribution < -0.4 is 23.7 Å². The van der Waals surface area contributed by atoms with Gasteiger partial charge in [0.25, 0.3) is 0 Å². The number of benzene rings is 3. The van der Waals surface area contributed by atoms with Gasteiger partial charge in [0.1, 0.15) is 18.1 Å². The molecule has 0 aliphatic rings. The van der Waals surface area contributed by atoms with Gasteiger partial charge in [-0.2, -0.15) is 0 Å². The predicted octanol–water partition coefficient (Wildman–Crippen LogP) is 4.44. The van der Waals surface area contributed by atoms with Crippen LogP contribution in [0.15, 0.2) is 66.7 Å². The Bertz CT molecular complexity index is 942. The number of esters is 1. The van der Waals surface area contributed by atoms with E-state index in [1.54, 1.807) is 36.4 Å². The number of carbonyl (C=O) groups excluding carboxylic acids is 1. The quantitative estimate of drug-likeness (QED) is 0.385. The van der Waals surface area contributed by atoms with Gasteiger partial charge in [0, 0.05) is 0 Å². The van der Waals surface area contributed by atoms with E-state index in [0.29, 0.717) is 40.9 Å². The maximum Gasteiger partial charge on any atom is 0.315 e. The minimum atomic E-state index is -0.401. The first-order valence-electron chi connectivity index (χ1n) is 9.39. The fourth-order valence-electron chi connectivity index (χ4n) is 2.92. The summed E-state index contributed by atoms with van der Waals surface area (Å²) in [5.41, 5.74) is 1.77. The van der Waals surface area contributed by atoms with Crippen molar-refractivity contribution in [3.8, 4) is 28.7 Å². The van der Waals surface area contributed by atoms with Crippen molar-refractivity contribution in [3.63, 3.8) is 0 Å². The van der Waals surface area contributed by atoms with Crippen LogP contribution in [0.25, 0.3) is 0 Å². The first-order chi connectivity index (χ1) is 14.6. The topological polar surface area (TPSA) is 63.2 Å². The van der Waals surface area contributed by atoms with Crippen LogP contribution in [0.3, 0.4) is 0 Å². The molecular weight excluding hydrogens is 384 g/mol. The standard InChI is InChI=1S/C24H24O6/c1-26-21-13-18(14-22(27-2)24(21)28-3)15-23(25)30-20-11-9-19(10-12-20)29-16-17-7-5-4-6-8-17/h4-14H,15-16H2,1-3H3. The Morgan fingerprint density at radius 3 is 1.90 bits per heavy atom. The third kappa shape index (κ3) is 5.44. The molecule has 0 fully saturated rings. The summed E-state index contributed by atoms with van der Waals surface area (Å²) in [6, 6.07) is 20.3. The number of rotatable bonds is 9. The SMILES string of the molecule is COc1cc(CC(=O)Oc2ccc(OCc3ccccc3)cc2)cc(OC)c1OC. The molecule has 30 heavy (non-hydrogen) atoms. The Morgan fingerprint density at radius 2 is 1.33 bits per heavy atom. The zero-order chi connectivity index (χ0) is 21.3. The summed E-state index contributed by atoms with van der Waals surface area (Å²) in [6.07, 6.45) is 0.0585. The van der Waals surface area contributed by atoms with Gasteiger partial charge in [-0.15, -0.1) is 0 Å². The largest absolute Gasteiger partial charge is 0.493 e. The summed E-state index contributed by atoms with van der Waals surface area (Å²) < 4.78 is 27.1. The molecule has 0 N–H and O–H groups in total. The van der Waals surface area contributed by atoms with Crippen molar-refractivity contribution in [3.05, 3.63) is 77.9 Å². The van der Waals surface area contributed by atoms with E-state index in [1.165, 1.54) is 21.3 Å². The van der Waals surface area contributed by atoms with E-state index in [1.807, 2.05) is 30.3 Å². The van der Waals surface area contributed by atoms with Gasteiger partial charge in [0.05, 0.1) is 27.8 Å². The lowest BCUT2D eigenvalue weighted by Gasteiger charge is -2.14. The molecule has 0 saturated carbocycles. The monoisotopic (exact) mass is 408 g/mol. The van der Waals surface area contributed by atoms with E-state index < -0.39 is 5.97 Å². The Morgan fingerprint density at radius 1 is 0.733 bits per heavy atom. The van der Waals surface area contributed by atoms with Crippen LogP contribution in [0.1, 0.15) is 11.1 Å². The summed E-state index contributed by atoms with van der Waals surface area (Å²) >= 11 is 0. The van der Waals surface area contributed by atoms with Crippen LogP contribution in [0.2, 0.25) is 0 Å². The number of methoxy groups -OCH3 is 3. The minimum Gasteiger partial charge on any atom is -0.493 e. The molecule has 0 aromatic heterocycles. The van der Waals surface area contributed by atoms with Crippen LogP contribution in [-0.4, -0.2) is 27.3 Å². The maximum atomic E-state index is 12.4. The van der Waals surface area contributed by atoms with Crippen molar-refractivity contribution in [2.24, 2.45) is 0 Å². The number of carbonyl (C=O) groups is 1. The molecule has 0 bridgehead atoms. The van der Waals surface area contributed by atoms with E-state index in [4.69, 9.17) is 23.7 Å². The van der Waals surface area contributed by atoms with Gasteiger partial charge in [0.15, 0.2) is 11.5 Å². The highest BCUT2D eigenvalue weighted by Crippen LogP contribution is 2.38. The highest BCUT2D eigenvalue weighted by atomic mass is 16.5. The van der Waals surface area contributed by atoms with Crippen molar-refractivity contribution in [1.82, 2.24) is 0 Å². The van der Waals surface area contributed by atoms with Crippen LogP contribution in [0.5, 0.6) is 28.7 Å². The average Bonchev–Trinajstić information content (AvgIpc) is 2.78. The summed E-state index contributed by atoms with van der Waals surface area (Å²) in [7, 11) is 4.59. The molecule has 6 nitrogen and oxygen atoms in total. The first kappa shape index (κ1) is 21.0. The molecule has 3 aromatic rings. The molecule has 156 valence electrons. The molecule has 6 heteroatoms. The highest BCUT2D eigenvalue weighted by molar-refractivity contribution is 5.76. The van der Waals surface area contributed by atoms with E-state index in [2.05, 4.69) is 0 Å². The Balaban J connectivity index is 1.59. The van der Waals surface area contributed by atoms with Crippen LogP contribution in [0.4, 0.5) is 0 Å². The third-order valence-electron chi connectivity index (χ3n) is 4.38. The zero-order valence-corrected chi connectivity index (χ0v) is 17.2. The van der Waals surface area contributed by atoms with Crippen molar-refractivity contribution in [1.29, 1.82) is 0 Å². The molecule has 0 aliphatic carbocycles. The maximum absolute atomic E-state index is 12.4. The third-order valence-corrected chi connectivity index (χ3v) is 4.38. The lowest BCUT2D eigenvalue weighted by Crippen LogP contribution is -2.11. The highest BCUT2D eigenvalue weighted by Gasteiger charge is 2.15. The second-order valence-corrected chi connectivity index (χ2v) is 6.43.